The maximum Gasteiger partial charge on any atom is 0.158 e. The van der Waals surface area contributed by atoms with Gasteiger partial charge in [-0.2, -0.15) is 0 Å². The topological polar surface area (TPSA) is 68.9 Å². The number of rotatable bonds is 6. The number of β-amino-alcohol motifs (C(OH)–C–C–N with tert-alkyl or cyclic N) is 1. The summed E-state index contributed by atoms with van der Waals surface area (Å²) in [6.45, 7) is 8.78. The molecule has 0 unspecified atom stereocenters. The Hall–Kier alpha value is -1.96. The average molecular weight is 383 g/mol. The number of anilines is 1. The van der Waals surface area contributed by atoms with Crippen LogP contribution in [-0.2, 0) is 0 Å². The first-order valence-corrected chi connectivity index (χ1v) is 10.6. The second kappa shape index (κ2) is 7.81. The summed E-state index contributed by atoms with van der Waals surface area (Å²) >= 11 is 0. The lowest BCUT2D eigenvalue weighted by molar-refractivity contribution is 0.208. The molecule has 3 aliphatic rings. The minimum absolute atomic E-state index is 0.220. The number of hydrogen-bond donors (Lipinski definition) is 1. The molecule has 2 saturated heterocycles. The van der Waals surface area contributed by atoms with Crippen molar-refractivity contribution in [2.24, 2.45) is 5.92 Å². The fraction of sp³-hybridized carbons (Fsp3) is 0.619. The Morgan fingerprint density at radius 1 is 1.07 bits per heavy atom. The van der Waals surface area contributed by atoms with E-state index in [0.717, 1.165) is 61.8 Å². The molecule has 4 heterocycles. The molecule has 0 spiro atoms. The molecule has 5 rings (SSSR count). The number of fused-ring (bicyclic) bond motifs is 1. The number of aliphatic hydroxyl groups excluding tert-OH is 1. The normalized spacial score (nSPS) is 22.0. The fourth-order valence-corrected chi connectivity index (χ4v) is 4.83. The number of likely N-dealkylation sites (tertiary alicyclic amines) is 1. The molecular weight excluding hydrogens is 354 g/mol. The number of nitrogens with zero attached hydrogens (tertiary/aromatic N) is 5. The van der Waals surface area contributed by atoms with Crippen LogP contribution >= 0.6 is 0 Å². The fourth-order valence-electron chi connectivity index (χ4n) is 4.83. The van der Waals surface area contributed by atoms with Crippen LogP contribution in [0.4, 0.5) is 5.69 Å². The van der Waals surface area contributed by atoms with Crippen molar-refractivity contribution in [3.05, 3.63) is 23.8 Å². The third-order valence-corrected chi connectivity index (χ3v) is 6.43. The van der Waals surface area contributed by atoms with E-state index in [1.165, 1.54) is 43.6 Å². The minimum Gasteiger partial charge on any atom is -0.395 e. The van der Waals surface area contributed by atoms with Gasteiger partial charge in [0.25, 0.3) is 0 Å². The standard InChI is InChI=1S/C21H29N5O2/c27-10-9-24-7-3-17(4-8-24)18-11-19-21(23-28-22-19)20(12-18)26-14-16(15-26)13-25-5-1-2-6-25/h3,11-12,16,27H,1-2,4-10,13-15H2. The Bertz CT molecular complexity index is 852. The number of aliphatic hydroxyl groups is 1. The molecule has 0 aliphatic carbocycles. The van der Waals surface area contributed by atoms with Crippen LogP contribution in [0, 0.1) is 5.92 Å². The molecule has 0 atom stereocenters. The predicted molar refractivity (Wildman–Crippen MR) is 109 cm³/mol. The lowest BCUT2D eigenvalue weighted by atomic mass is 9.95. The average Bonchev–Trinajstić information content (AvgIpc) is 3.36. The molecule has 7 nitrogen and oxygen atoms in total. The summed E-state index contributed by atoms with van der Waals surface area (Å²) in [5, 5.41) is 17.5. The van der Waals surface area contributed by atoms with Crippen molar-refractivity contribution >= 4 is 22.3 Å². The highest BCUT2D eigenvalue weighted by atomic mass is 16.6. The molecule has 7 heteroatoms. The third-order valence-electron chi connectivity index (χ3n) is 6.43. The Morgan fingerprint density at radius 2 is 1.93 bits per heavy atom. The van der Waals surface area contributed by atoms with Crippen molar-refractivity contribution in [2.45, 2.75) is 19.3 Å². The number of hydrogen-bond acceptors (Lipinski definition) is 7. The number of aromatic nitrogens is 2. The zero-order valence-corrected chi connectivity index (χ0v) is 16.4. The van der Waals surface area contributed by atoms with Crippen LogP contribution in [0.15, 0.2) is 22.8 Å². The van der Waals surface area contributed by atoms with Gasteiger partial charge in [0, 0.05) is 45.2 Å². The number of benzene rings is 1. The summed E-state index contributed by atoms with van der Waals surface area (Å²) in [5.74, 6) is 0.748. The first-order chi connectivity index (χ1) is 13.8. The van der Waals surface area contributed by atoms with E-state index in [2.05, 4.69) is 43.2 Å². The molecule has 0 bridgehead atoms. The summed E-state index contributed by atoms with van der Waals surface area (Å²) in [4.78, 5) is 7.31. The van der Waals surface area contributed by atoms with E-state index in [-0.39, 0.29) is 6.61 Å². The highest BCUT2D eigenvalue weighted by molar-refractivity contribution is 5.92. The minimum atomic E-state index is 0.220. The summed E-state index contributed by atoms with van der Waals surface area (Å²) in [6.07, 6.45) is 5.99. The zero-order chi connectivity index (χ0) is 18.9. The van der Waals surface area contributed by atoms with Gasteiger partial charge in [-0.1, -0.05) is 6.08 Å². The molecule has 0 saturated carbocycles. The van der Waals surface area contributed by atoms with Crippen LogP contribution < -0.4 is 4.90 Å². The molecule has 2 fully saturated rings. The van der Waals surface area contributed by atoms with Crippen molar-refractivity contribution in [1.82, 2.24) is 20.1 Å². The molecule has 0 amide bonds. The van der Waals surface area contributed by atoms with Gasteiger partial charge in [-0.15, -0.1) is 0 Å². The van der Waals surface area contributed by atoms with E-state index in [1.54, 1.807) is 0 Å². The van der Waals surface area contributed by atoms with Gasteiger partial charge in [-0.05, 0) is 65.9 Å². The first kappa shape index (κ1) is 18.1. The Labute approximate surface area is 165 Å². The zero-order valence-electron chi connectivity index (χ0n) is 16.4. The maximum absolute atomic E-state index is 9.14. The van der Waals surface area contributed by atoms with Crippen molar-refractivity contribution < 1.29 is 9.74 Å². The van der Waals surface area contributed by atoms with Gasteiger partial charge in [-0.25, -0.2) is 4.63 Å². The monoisotopic (exact) mass is 383 g/mol. The Kier molecular flexibility index (Phi) is 5.05. The molecule has 28 heavy (non-hydrogen) atoms. The van der Waals surface area contributed by atoms with Gasteiger partial charge in [0.1, 0.15) is 5.52 Å². The van der Waals surface area contributed by atoms with Crippen molar-refractivity contribution in [1.29, 1.82) is 0 Å². The Morgan fingerprint density at radius 3 is 2.68 bits per heavy atom. The van der Waals surface area contributed by atoms with Crippen LogP contribution in [0.25, 0.3) is 16.6 Å². The molecule has 1 aromatic carbocycles. The van der Waals surface area contributed by atoms with E-state index in [9.17, 15) is 0 Å². The van der Waals surface area contributed by atoms with Gasteiger partial charge in [0.15, 0.2) is 5.52 Å². The van der Waals surface area contributed by atoms with Crippen LogP contribution in [-0.4, -0.2) is 84.2 Å². The molecule has 1 aromatic heterocycles. The molecule has 0 radical (unpaired) electrons. The summed E-state index contributed by atoms with van der Waals surface area (Å²) in [7, 11) is 0. The van der Waals surface area contributed by atoms with Crippen LogP contribution in [0.5, 0.6) is 0 Å². The quantitative estimate of drug-likeness (QED) is 0.816. The largest absolute Gasteiger partial charge is 0.395 e. The van der Waals surface area contributed by atoms with E-state index in [0.29, 0.717) is 0 Å². The van der Waals surface area contributed by atoms with Crippen molar-refractivity contribution in [3.63, 3.8) is 0 Å². The highest BCUT2D eigenvalue weighted by Gasteiger charge is 2.31. The van der Waals surface area contributed by atoms with Gasteiger partial charge < -0.3 is 14.9 Å². The van der Waals surface area contributed by atoms with Crippen molar-refractivity contribution in [2.75, 3.05) is 63.9 Å². The van der Waals surface area contributed by atoms with E-state index in [4.69, 9.17) is 9.74 Å². The van der Waals surface area contributed by atoms with E-state index in [1.807, 2.05) is 0 Å². The molecule has 150 valence electrons. The second-order valence-electron chi connectivity index (χ2n) is 8.41. The van der Waals surface area contributed by atoms with Gasteiger partial charge in [-0.3, -0.25) is 4.90 Å². The van der Waals surface area contributed by atoms with Gasteiger partial charge >= 0.3 is 0 Å². The molecule has 2 aromatic rings. The smallest absolute Gasteiger partial charge is 0.158 e. The van der Waals surface area contributed by atoms with Crippen LogP contribution in [0.1, 0.15) is 24.8 Å². The van der Waals surface area contributed by atoms with Gasteiger partial charge in [0.05, 0.1) is 12.3 Å². The summed E-state index contributed by atoms with van der Waals surface area (Å²) < 4.78 is 5.06. The van der Waals surface area contributed by atoms with E-state index >= 15 is 0 Å². The molecular formula is C21H29N5O2. The maximum atomic E-state index is 9.14. The highest BCUT2D eigenvalue weighted by Crippen LogP contribution is 2.35. The first-order valence-electron chi connectivity index (χ1n) is 10.6. The van der Waals surface area contributed by atoms with Gasteiger partial charge in [0.2, 0.25) is 0 Å². The lowest BCUT2D eigenvalue weighted by Gasteiger charge is -2.42. The SMILES string of the molecule is OCCN1CC=C(c2cc(N3CC(CN4CCCC4)C3)c3nonc3c2)CC1. The second-order valence-corrected chi connectivity index (χ2v) is 8.41. The van der Waals surface area contributed by atoms with Crippen LogP contribution in [0.2, 0.25) is 0 Å². The summed E-state index contributed by atoms with van der Waals surface area (Å²) in [6, 6.07) is 4.37. The molecule has 1 N–H and O–H groups in total. The van der Waals surface area contributed by atoms with Crippen molar-refractivity contribution in [3.8, 4) is 0 Å². The Balaban J connectivity index is 1.33. The summed E-state index contributed by atoms with van der Waals surface area (Å²) in [5.41, 5.74) is 5.46. The lowest BCUT2D eigenvalue weighted by Crippen LogP contribution is -2.51. The van der Waals surface area contributed by atoms with E-state index < -0.39 is 0 Å². The predicted octanol–water partition coefficient (Wildman–Crippen LogP) is 1.84. The third kappa shape index (κ3) is 3.54. The van der Waals surface area contributed by atoms with Crippen LogP contribution in [0.3, 0.4) is 0 Å². The molecule has 3 aliphatic heterocycles.